The first-order chi connectivity index (χ1) is 8.58. The topological polar surface area (TPSA) is 12.0 Å². The molecule has 5 heteroatoms. The average molecular weight is 393 g/mol. The van der Waals surface area contributed by atoms with Crippen LogP contribution in [0.4, 0.5) is 4.39 Å². The summed E-state index contributed by atoms with van der Waals surface area (Å²) in [4.78, 5) is 1.27. The standard InChI is InChI=1S/C13H12Br2FNS/c1-17-12(7-11-2-3-13(15)18-11)8-4-9(14)6-10(16)5-8/h2-6,12,17H,7H2,1H3. The van der Waals surface area contributed by atoms with Crippen LogP contribution in [-0.4, -0.2) is 7.05 Å². The highest BCUT2D eigenvalue weighted by atomic mass is 79.9. The van der Waals surface area contributed by atoms with Crippen molar-refractivity contribution in [2.75, 3.05) is 7.05 Å². The minimum Gasteiger partial charge on any atom is -0.313 e. The Bertz CT molecular complexity index is 521. The number of nitrogens with one attached hydrogen (secondary N) is 1. The van der Waals surface area contributed by atoms with Gasteiger partial charge in [-0.25, -0.2) is 4.39 Å². The van der Waals surface area contributed by atoms with Crippen molar-refractivity contribution in [1.29, 1.82) is 0 Å². The van der Waals surface area contributed by atoms with E-state index in [0.717, 1.165) is 20.2 Å². The Hall–Kier alpha value is -0.230. The summed E-state index contributed by atoms with van der Waals surface area (Å²) in [7, 11) is 1.89. The van der Waals surface area contributed by atoms with E-state index >= 15 is 0 Å². The van der Waals surface area contributed by atoms with Crippen LogP contribution in [0, 0.1) is 5.82 Å². The van der Waals surface area contributed by atoms with Gasteiger partial charge in [-0.15, -0.1) is 11.3 Å². The summed E-state index contributed by atoms with van der Waals surface area (Å²) in [6.45, 7) is 0. The van der Waals surface area contributed by atoms with Crippen LogP contribution < -0.4 is 5.32 Å². The number of hydrogen-bond donors (Lipinski definition) is 1. The average Bonchev–Trinajstić information content (AvgIpc) is 2.70. The van der Waals surface area contributed by atoms with Gasteiger partial charge < -0.3 is 5.32 Å². The van der Waals surface area contributed by atoms with E-state index in [9.17, 15) is 4.39 Å². The number of halogens is 3. The zero-order valence-corrected chi connectivity index (χ0v) is 13.7. The predicted molar refractivity (Wildman–Crippen MR) is 81.6 cm³/mol. The van der Waals surface area contributed by atoms with Crippen LogP contribution in [0.2, 0.25) is 0 Å². The molecule has 0 saturated carbocycles. The number of benzene rings is 1. The fourth-order valence-corrected chi connectivity index (χ4v) is 3.84. The van der Waals surface area contributed by atoms with Crippen molar-refractivity contribution < 1.29 is 4.39 Å². The van der Waals surface area contributed by atoms with E-state index in [-0.39, 0.29) is 11.9 Å². The van der Waals surface area contributed by atoms with Crippen LogP contribution in [0.1, 0.15) is 16.5 Å². The molecule has 0 fully saturated rings. The summed E-state index contributed by atoms with van der Waals surface area (Å²) < 4.78 is 15.3. The fourth-order valence-electron chi connectivity index (χ4n) is 1.83. The smallest absolute Gasteiger partial charge is 0.124 e. The van der Waals surface area contributed by atoms with E-state index in [1.807, 2.05) is 19.2 Å². The lowest BCUT2D eigenvalue weighted by molar-refractivity contribution is 0.580. The summed E-state index contributed by atoms with van der Waals surface area (Å²) in [6, 6.07) is 9.24. The van der Waals surface area contributed by atoms with Crippen LogP contribution in [0.5, 0.6) is 0 Å². The van der Waals surface area contributed by atoms with Crippen molar-refractivity contribution in [2.24, 2.45) is 0 Å². The van der Waals surface area contributed by atoms with E-state index < -0.39 is 0 Å². The van der Waals surface area contributed by atoms with Gasteiger partial charge in [-0.05, 0) is 58.9 Å². The van der Waals surface area contributed by atoms with E-state index in [0.29, 0.717) is 0 Å². The monoisotopic (exact) mass is 391 g/mol. The molecule has 0 aliphatic heterocycles. The van der Waals surface area contributed by atoms with Gasteiger partial charge in [0.2, 0.25) is 0 Å². The highest BCUT2D eigenvalue weighted by molar-refractivity contribution is 9.11. The van der Waals surface area contributed by atoms with Gasteiger partial charge in [0.15, 0.2) is 0 Å². The van der Waals surface area contributed by atoms with Gasteiger partial charge in [0, 0.05) is 21.8 Å². The lowest BCUT2D eigenvalue weighted by atomic mass is 10.0. The van der Waals surface area contributed by atoms with E-state index in [1.165, 1.54) is 10.9 Å². The molecule has 0 amide bonds. The summed E-state index contributed by atoms with van der Waals surface area (Å²) >= 11 is 8.49. The maximum atomic E-state index is 13.4. The van der Waals surface area contributed by atoms with Gasteiger partial charge >= 0.3 is 0 Å². The van der Waals surface area contributed by atoms with Crippen LogP contribution >= 0.6 is 43.2 Å². The number of rotatable bonds is 4. The molecular formula is C13H12Br2FNS. The first-order valence-electron chi connectivity index (χ1n) is 5.46. The highest BCUT2D eigenvalue weighted by Gasteiger charge is 2.13. The highest BCUT2D eigenvalue weighted by Crippen LogP contribution is 2.28. The van der Waals surface area contributed by atoms with Crippen LogP contribution in [-0.2, 0) is 6.42 Å². The van der Waals surface area contributed by atoms with E-state index in [2.05, 4.69) is 43.2 Å². The predicted octanol–water partition coefficient (Wildman–Crippen LogP) is 4.92. The normalized spacial score (nSPS) is 12.7. The Morgan fingerprint density at radius 2 is 2.06 bits per heavy atom. The molecule has 0 bridgehead atoms. The molecule has 2 rings (SSSR count). The molecule has 0 aliphatic carbocycles. The van der Waals surface area contributed by atoms with Crippen molar-refractivity contribution in [1.82, 2.24) is 5.32 Å². The quantitative estimate of drug-likeness (QED) is 0.778. The number of hydrogen-bond acceptors (Lipinski definition) is 2. The lowest BCUT2D eigenvalue weighted by Crippen LogP contribution is -2.18. The molecular weight excluding hydrogens is 381 g/mol. The van der Waals surface area contributed by atoms with E-state index in [1.54, 1.807) is 17.4 Å². The fraction of sp³-hybridized carbons (Fsp3) is 0.231. The molecule has 1 unspecified atom stereocenters. The Kier molecular flexibility index (Phi) is 4.95. The first kappa shape index (κ1) is 14.2. The minimum absolute atomic E-state index is 0.113. The van der Waals surface area contributed by atoms with Crippen LogP contribution in [0.3, 0.4) is 0 Å². The minimum atomic E-state index is -0.216. The second-order valence-electron chi connectivity index (χ2n) is 3.95. The second kappa shape index (κ2) is 6.28. The lowest BCUT2D eigenvalue weighted by Gasteiger charge is -2.16. The molecule has 1 N–H and O–H groups in total. The van der Waals surface area contributed by atoms with Gasteiger partial charge in [0.05, 0.1) is 3.79 Å². The molecule has 0 spiro atoms. The molecule has 96 valence electrons. The maximum Gasteiger partial charge on any atom is 0.124 e. The summed E-state index contributed by atoms with van der Waals surface area (Å²) in [5, 5.41) is 3.23. The summed E-state index contributed by atoms with van der Waals surface area (Å²) in [5.74, 6) is -0.216. The Morgan fingerprint density at radius 1 is 1.28 bits per heavy atom. The SMILES string of the molecule is CNC(Cc1ccc(Br)s1)c1cc(F)cc(Br)c1. The van der Waals surface area contributed by atoms with Crippen molar-refractivity contribution in [2.45, 2.75) is 12.5 Å². The Balaban J connectivity index is 2.22. The molecule has 1 atom stereocenters. The molecule has 0 radical (unpaired) electrons. The van der Waals surface area contributed by atoms with Crippen molar-refractivity contribution in [3.63, 3.8) is 0 Å². The molecule has 1 nitrogen and oxygen atoms in total. The van der Waals surface area contributed by atoms with Gasteiger partial charge in [-0.3, -0.25) is 0 Å². The van der Waals surface area contributed by atoms with Crippen LogP contribution in [0.15, 0.2) is 38.6 Å². The van der Waals surface area contributed by atoms with Crippen molar-refractivity contribution >= 4 is 43.2 Å². The third-order valence-electron chi connectivity index (χ3n) is 2.67. The molecule has 18 heavy (non-hydrogen) atoms. The Morgan fingerprint density at radius 3 is 2.61 bits per heavy atom. The van der Waals surface area contributed by atoms with Crippen molar-refractivity contribution in [3.05, 3.63) is 54.8 Å². The first-order valence-corrected chi connectivity index (χ1v) is 7.86. The molecule has 1 aromatic carbocycles. The maximum absolute atomic E-state index is 13.4. The molecule has 2 aromatic rings. The van der Waals surface area contributed by atoms with Gasteiger partial charge in [-0.2, -0.15) is 0 Å². The number of thiophene rings is 1. The van der Waals surface area contributed by atoms with Gasteiger partial charge in [0.1, 0.15) is 5.82 Å². The molecule has 1 heterocycles. The van der Waals surface area contributed by atoms with Crippen molar-refractivity contribution in [3.8, 4) is 0 Å². The third kappa shape index (κ3) is 3.63. The van der Waals surface area contributed by atoms with Gasteiger partial charge in [-0.1, -0.05) is 15.9 Å². The molecule has 1 aromatic heterocycles. The Labute approximate surface area is 127 Å². The van der Waals surface area contributed by atoms with Gasteiger partial charge in [0.25, 0.3) is 0 Å². The summed E-state index contributed by atoms with van der Waals surface area (Å²) in [6.07, 6.45) is 0.850. The third-order valence-corrected chi connectivity index (χ3v) is 4.77. The second-order valence-corrected chi connectivity index (χ2v) is 7.42. The molecule has 0 aliphatic rings. The zero-order chi connectivity index (χ0) is 13.1. The largest absolute Gasteiger partial charge is 0.313 e. The summed E-state index contributed by atoms with van der Waals surface area (Å²) in [5.41, 5.74) is 0.953. The number of likely N-dealkylation sites (N-methyl/N-ethyl adjacent to an activating group) is 1. The van der Waals surface area contributed by atoms with Crippen LogP contribution in [0.25, 0.3) is 0 Å². The zero-order valence-electron chi connectivity index (χ0n) is 9.71. The van der Waals surface area contributed by atoms with E-state index in [4.69, 9.17) is 0 Å². The molecule has 0 saturated heterocycles.